The van der Waals surface area contributed by atoms with Crippen molar-refractivity contribution in [3.05, 3.63) is 0 Å². The Morgan fingerprint density at radius 3 is 2.82 bits per heavy atom. The van der Waals surface area contributed by atoms with E-state index >= 15 is 0 Å². The van der Waals surface area contributed by atoms with Gasteiger partial charge in [0.05, 0.1) is 13.2 Å². The Bertz CT molecular complexity index is 233. The van der Waals surface area contributed by atoms with Gasteiger partial charge in [-0.15, -0.1) is 0 Å². The lowest BCUT2D eigenvalue weighted by Gasteiger charge is -2.25. The van der Waals surface area contributed by atoms with Gasteiger partial charge in [-0.1, -0.05) is 13.3 Å². The first-order chi connectivity index (χ1) is 8.22. The number of ether oxygens (including phenoxy) is 2. The third kappa shape index (κ3) is 4.28. The molecule has 4 nitrogen and oxygen atoms in total. The normalized spacial score (nSPS) is 22.6. The number of carbonyl (C=O) groups is 1. The molecule has 0 radical (unpaired) electrons. The summed E-state index contributed by atoms with van der Waals surface area (Å²) < 4.78 is 10.3. The van der Waals surface area contributed by atoms with E-state index in [4.69, 9.17) is 9.47 Å². The molecular weight excluding hydrogens is 218 g/mol. The number of esters is 1. The Balaban J connectivity index is 2.50. The molecule has 1 rings (SSSR count). The molecule has 2 atom stereocenters. The first-order valence-electron chi connectivity index (χ1n) is 6.62. The van der Waals surface area contributed by atoms with E-state index in [0.717, 1.165) is 39.0 Å². The second-order valence-corrected chi connectivity index (χ2v) is 4.66. The van der Waals surface area contributed by atoms with Gasteiger partial charge in [0.15, 0.2) is 0 Å². The van der Waals surface area contributed by atoms with Crippen LogP contribution in [0.3, 0.4) is 0 Å². The smallest absolute Gasteiger partial charge is 0.323 e. The van der Waals surface area contributed by atoms with Crippen molar-refractivity contribution in [1.82, 2.24) is 4.90 Å². The molecule has 0 aromatic carbocycles. The van der Waals surface area contributed by atoms with Gasteiger partial charge in [0.2, 0.25) is 0 Å². The Hall–Kier alpha value is -0.610. The molecule has 0 N–H and O–H groups in total. The lowest BCUT2D eigenvalue weighted by Crippen LogP contribution is -2.41. The molecule has 0 amide bonds. The minimum atomic E-state index is -0.0626. The van der Waals surface area contributed by atoms with Crippen LogP contribution in [0, 0.1) is 5.92 Å². The molecule has 100 valence electrons. The lowest BCUT2D eigenvalue weighted by atomic mass is 10.1. The number of rotatable bonds is 7. The highest BCUT2D eigenvalue weighted by Crippen LogP contribution is 2.21. The predicted octanol–water partition coefficient (Wildman–Crippen LogP) is 1.69. The van der Waals surface area contributed by atoms with Crippen LogP contribution in [0.1, 0.15) is 33.1 Å². The van der Waals surface area contributed by atoms with E-state index in [9.17, 15) is 4.79 Å². The van der Waals surface area contributed by atoms with Crippen molar-refractivity contribution in [2.45, 2.75) is 39.2 Å². The van der Waals surface area contributed by atoms with Crippen LogP contribution in [0.25, 0.3) is 0 Å². The van der Waals surface area contributed by atoms with Crippen LogP contribution in [-0.4, -0.2) is 50.3 Å². The zero-order valence-corrected chi connectivity index (χ0v) is 11.3. The maximum Gasteiger partial charge on any atom is 0.323 e. The first-order valence-corrected chi connectivity index (χ1v) is 6.62. The maximum atomic E-state index is 11.9. The maximum absolute atomic E-state index is 11.9. The van der Waals surface area contributed by atoms with E-state index in [0.29, 0.717) is 12.5 Å². The van der Waals surface area contributed by atoms with Gasteiger partial charge in [0.1, 0.15) is 6.04 Å². The molecule has 0 aromatic heterocycles. The lowest BCUT2D eigenvalue weighted by molar-refractivity contribution is -0.149. The van der Waals surface area contributed by atoms with Gasteiger partial charge in [-0.3, -0.25) is 9.69 Å². The Morgan fingerprint density at radius 1 is 1.47 bits per heavy atom. The van der Waals surface area contributed by atoms with Gasteiger partial charge in [-0.25, -0.2) is 0 Å². The third-order valence-electron chi connectivity index (χ3n) is 3.28. The van der Waals surface area contributed by atoms with Gasteiger partial charge in [0.25, 0.3) is 0 Å². The molecule has 1 heterocycles. The second-order valence-electron chi connectivity index (χ2n) is 4.66. The van der Waals surface area contributed by atoms with Crippen molar-refractivity contribution in [2.24, 2.45) is 5.92 Å². The quantitative estimate of drug-likeness (QED) is 0.638. The molecule has 1 aliphatic rings. The monoisotopic (exact) mass is 243 g/mol. The zero-order valence-electron chi connectivity index (χ0n) is 11.3. The third-order valence-corrected chi connectivity index (χ3v) is 3.28. The van der Waals surface area contributed by atoms with Crippen LogP contribution in [0.15, 0.2) is 0 Å². The number of nitrogens with zero attached hydrogens (tertiary/aromatic N) is 1. The number of carbonyl (C=O) groups excluding carboxylic acids is 1. The minimum absolute atomic E-state index is 0.0539. The fourth-order valence-corrected chi connectivity index (χ4v) is 2.48. The van der Waals surface area contributed by atoms with Crippen molar-refractivity contribution in [3.8, 4) is 0 Å². The molecule has 0 saturated carbocycles. The summed E-state index contributed by atoms with van der Waals surface area (Å²) in [4.78, 5) is 14.1. The molecule has 1 aliphatic heterocycles. The largest absolute Gasteiger partial charge is 0.465 e. The van der Waals surface area contributed by atoms with E-state index in [1.54, 1.807) is 7.11 Å². The average molecular weight is 243 g/mol. The highest BCUT2D eigenvalue weighted by molar-refractivity contribution is 5.75. The molecule has 0 aromatic rings. The highest BCUT2D eigenvalue weighted by Gasteiger charge is 2.32. The van der Waals surface area contributed by atoms with Crippen molar-refractivity contribution < 1.29 is 14.3 Å². The van der Waals surface area contributed by atoms with Crippen LogP contribution < -0.4 is 0 Å². The Labute approximate surface area is 104 Å². The predicted molar refractivity (Wildman–Crippen MR) is 66.9 cm³/mol. The van der Waals surface area contributed by atoms with Crippen molar-refractivity contribution in [1.29, 1.82) is 0 Å². The molecule has 4 heteroatoms. The number of methoxy groups -OCH3 is 1. The van der Waals surface area contributed by atoms with E-state index < -0.39 is 0 Å². The topological polar surface area (TPSA) is 38.8 Å². The van der Waals surface area contributed by atoms with Crippen LogP contribution in [0.2, 0.25) is 0 Å². The fraction of sp³-hybridized carbons (Fsp3) is 0.923. The van der Waals surface area contributed by atoms with Gasteiger partial charge in [-0.2, -0.15) is 0 Å². The number of hydrogen-bond donors (Lipinski definition) is 0. The number of likely N-dealkylation sites (tertiary alicyclic amines) is 1. The highest BCUT2D eigenvalue weighted by atomic mass is 16.5. The molecular formula is C13H25NO3. The standard InChI is InChI=1S/C13H25NO3/c1-4-6-12(13(15)17-5-2)14-8-7-11(9-14)10-16-3/h11-12H,4-10H2,1-3H3. The summed E-state index contributed by atoms with van der Waals surface area (Å²) in [6, 6.07) is -0.0539. The van der Waals surface area contributed by atoms with Gasteiger partial charge >= 0.3 is 5.97 Å². The van der Waals surface area contributed by atoms with Gasteiger partial charge in [-0.05, 0) is 32.2 Å². The molecule has 0 aliphatic carbocycles. The Morgan fingerprint density at radius 2 is 2.24 bits per heavy atom. The average Bonchev–Trinajstić information content (AvgIpc) is 2.75. The summed E-state index contributed by atoms with van der Waals surface area (Å²) in [6.45, 7) is 7.16. The van der Waals surface area contributed by atoms with E-state index in [2.05, 4.69) is 11.8 Å². The van der Waals surface area contributed by atoms with Gasteiger partial charge < -0.3 is 9.47 Å². The molecule has 0 bridgehead atoms. The van der Waals surface area contributed by atoms with Crippen LogP contribution in [0.5, 0.6) is 0 Å². The van der Waals surface area contributed by atoms with Gasteiger partial charge in [0, 0.05) is 13.7 Å². The summed E-state index contributed by atoms with van der Waals surface area (Å²) in [5, 5.41) is 0. The van der Waals surface area contributed by atoms with Crippen molar-refractivity contribution in [3.63, 3.8) is 0 Å². The minimum Gasteiger partial charge on any atom is -0.465 e. The summed E-state index contributed by atoms with van der Waals surface area (Å²) in [5.41, 5.74) is 0. The van der Waals surface area contributed by atoms with E-state index in [-0.39, 0.29) is 12.0 Å². The van der Waals surface area contributed by atoms with Crippen molar-refractivity contribution in [2.75, 3.05) is 33.4 Å². The zero-order chi connectivity index (χ0) is 12.7. The van der Waals surface area contributed by atoms with E-state index in [1.807, 2.05) is 6.92 Å². The fourth-order valence-electron chi connectivity index (χ4n) is 2.48. The summed E-state index contributed by atoms with van der Waals surface area (Å²) in [7, 11) is 1.73. The summed E-state index contributed by atoms with van der Waals surface area (Å²) in [5.74, 6) is 0.501. The first kappa shape index (κ1) is 14.5. The molecule has 2 unspecified atom stereocenters. The Kier molecular flexibility index (Phi) is 6.52. The van der Waals surface area contributed by atoms with E-state index in [1.165, 1.54) is 0 Å². The molecule has 0 spiro atoms. The van der Waals surface area contributed by atoms with Crippen LogP contribution >= 0.6 is 0 Å². The van der Waals surface area contributed by atoms with Crippen molar-refractivity contribution >= 4 is 5.97 Å². The summed E-state index contributed by atoms with van der Waals surface area (Å²) in [6.07, 6.45) is 3.01. The second kappa shape index (κ2) is 7.67. The van der Waals surface area contributed by atoms with Crippen LogP contribution in [-0.2, 0) is 14.3 Å². The molecule has 1 saturated heterocycles. The molecule has 1 fully saturated rings. The van der Waals surface area contributed by atoms with Crippen LogP contribution in [0.4, 0.5) is 0 Å². The number of hydrogen-bond acceptors (Lipinski definition) is 4. The SMILES string of the molecule is CCCC(C(=O)OCC)N1CCC(COC)C1. The summed E-state index contributed by atoms with van der Waals surface area (Å²) >= 11 is 0. The molecule has 17 heavy (non-hydrogen) atoms.